The molecule has 1 aliphatic carbocycles. The fourth-order valence-corrected chi connectivity index (χ4v) is 4.92. The molecule has 1 aromatic rings. The zero-order valence-electron chi connectivity index (χ0n) is 17.9. The third kappa shape index (κ3) is 4.35. The molecule has 6 unspecified atom stereocenters. The average Bonchev–Trinajstić information content (AvgIpc) is 3.48. The molecular weight excluding hydrogens is 416 g/mol. The van der Waals surface area contributed by atoms with Gasteiger partial charge in [-0.2, -0.15) is 0 Å². The standard InChI is InChI=1S/C13H14O3.C11H12O5/c1-8(13(15)16)4-9-5-10-2-3-12(14)7-11(10)6-9;1-5(3-12)11(13)16-9-7-2-6-4-14-10(9)8(6)15-7/h2-4,7,9,14H,5-6H2,1H3,(H,15,16);6-10H,2,4H2,1H3. The molecular formula is C24H26O8. The molecule has 0 saturated carbocycles. The Morgan fingerprint density at radius 3 is 2.66 bits per heavy atom. The molecule has 2 bridgehead atoms. The number of carboxylic acids is 1. The summed E-state index contributed by atoms with van der Waals surface area (Å²) in [5.74, 6) is 1.02. The van der Waals surface area contributed by atoms with Crippen LogP contribution in [0.25, 0.3) is 0 Å². The van der Waals surface area contributed by atoms with Gasteiger partial charge in [-0.05, 0) is 62.3 Å². The summed E-state index contributed by atoms with van der Waals surface area (Å²) in [6, 6.07) is 5.35. The summed E-state index contributed by atoms with van der Waals surface area (Å²) in [6.45, 7) is 3.69. The normalized spacial score (nSPS) is 31.4. The Hall–Kier alpha value is -2.93. The van der Waals surface area contributed by atoms with E-state index in [-0.39, 0.29) is 41.7 Å². The highest BCUT2D eigenvalue weighted by molar-refractivity contribution is 5.96. The van der Waals surface area contributed by atoms with Gasteiger partial charge in [0.1, 0.15) is 23.4 Å². The summed E-state index contributed by atoms with van der Waals surface area (Å²) >= 11 is 0. The van der Waals surface area contributed by atoms with Crippen molar-refractivity contribution in [2.45, 2.75) is 57.5 Å². The first kappa shape index (κ1) is 22.3. The van der Waals surface area contributed by atoms with Crippen LogP contribution in [-0.4, -0.2) is 59.1 Å². The van der Waals surface area contributed by atoms with Crippen LogP contribution < -0.4 is 0 Å². The van der Waals surface area contributed by atoms with Gasteiger partial charge in [-0.25, -0.2) is 14.4 Å². The molecule has 3 aliphatic heterocycles. The van der Waals surface area contributed by atoms with Gasteiger partial charge in [-0.1, -0.05) is 12.1 Å². The number of allylic oxidation sites excluding steroid dienone is 1. The number of rotatable bonds is 4. The minimum absolute atomic E-state index is 0.0441. The summed E-state index contributed by atoms with van der Waals surface area (Å²) in [5, 5.41) is 18.1. The topological polar surface area (TPSA) is 119 Å². The first-order valence-corrected chi connectivity index (χ1v) is 10.7. The van der Waals surface area contributed by atoms with E-state index in [0.717, 1.165) is 24.8 Å². The van der Waals surface area contributed by atoms with Crippen LogP contribution in [-0.2, 0) is 41.4 Å². The van der Waals surface area contributed by atoms with Crippen molar-refractivity contribution in [2.75, 3.05) is 6.61 Å². The van der Waals surface area contributed by atoms with Gasteiger partial charge in [0.05, 0.1) is 18.8 Å². The van der Waals surface area contributed by atoms with Crippen molar-refractivity contribution in [2.24, 2.45) is 11.8 Å². The van der Waals surface area contributed by atoms with Crippen LogP contribution >= 0.6 is 0 Å². The Kier molecular flexibility index (Phi) is 6.20. The second-order valence-electron chi connectivity index (χ2n) is 8.81. The molecule has 2 N–H and O–H groups in total. The Morgan fingerprint density at radius 1 is 1.19 bits per heavy atom. The molecule has 3 heterocycles. The maximum atomic E-state index is 11.4. The van der Waals surface area contributed by atoms with E-state index in [4.69, 9.17) is 19.3 Å². The maximum Gasteiger partial charge on any atom is 0.345 e. The van der Waals surface area contributed by atoms with Gasteiger partial charge in [0, 0.05) is 11.5 Å². The highest BCUT2D eigenvalue weighted by Crippen LogP contribution is 2.46. The van der Waals surface area contributed by atoms with Crippen LogP contribution in [0.4, 0.5) is 0 Å². The predicted octanol–water partition coefficient (Wildman–Crippen LogP) is 2.00. The lowest BCUT2D eigenvalue weighted by Crippen LogP contribution is -2.40. The van der Waals surface area contributed by atoms with E-state index in [1.165, 1.54) is 18.4 Å². The number of hydrogen-bond donors (Lipinski definition) is 2. The van der Waals surface area contributed by atoms with Crippen molar-refractivity contribution in [1.82, 2.24) is 0 Å². The first-order chi connectivity index (χ1) is 15.3. The van der Waals surface area contributed by atoms with Crippen molar-refractivity contribution in [3.63, 3.8) is 0 Å². The highest BCUT2D eigenvalue weighted by Gasteiger charge is 2.60. The van der Waals surface area contributed by atoms with Crippen molar-refractivity contribution >= 4 is 17.9 Å². The zero-order valence-corrected chi connectivity index (χ0v) is 17.9. The number of phenolic OH excluding ortho intramolecular Hbond substituents is 1. The number of benzene rings is 1. The number of carbonyl (C=O) groups excluding carboxylic acids is 2. The molecule has 0 spiro atoms. The minimum Gasteiger partial charge on any atom is -0.508 e. The number of hydrogen-bond acceptors (Lipinski definition) is 7. The van der Waals surface area contributed by atoms with Crippen LogP contribution in [0.3, 0.4) is 0 Å². The van der Waals surface area contributed by atoms with E-state index in [1.54, 1.807) is 25.1 Å². The van der Waals surface area contributed by atoms with Gasteiger partial charge in [-0.15, -0.1) is 0 Å². The van der Waals surface area contributed by atoms with Gasteiger partial charge in [0.25, 0.3) is 0 Å². The highest BCUT2D eigenvalue weighted by atomic mass is 16.6. The van der Waals surface area contributed by atoms with Crippen LogP contribution in [0.1, 0.15) is 31.4 Å². The van der Waals surface area contributed by atoms with E-state index in [0.29, 0.717) is 18.1 Å². The van der Waals surface area contributed by atoms with Crippen LogP contribution in [0.5, 0.6) is 5.75 Å². The molecule has 5 rings (SSSR count). The summed E-state index contributed by atoms with van der Waals surface area (Å²) < 4.78 is 16.5. The number of phenols is 1. The van der Waals surface area contributed by atoms with E-state index in [2.05, 4.69) is 0 Å². The van der Waals surface area contributed by atoms with E-state index < -0.39 is 11.9 Å². The lowest BCUT2D eigenvalue weighted by molar-refractivity contribution is -0.151. The van der Waals surface area contributed by atoms with E-state index in [9.17, 15) is 19.5 Å². The number of aliphatic carboxylic acids is 1. The van der Waals surface area contributed by atoms with Crippen molar-refractivity contribution in [3.05, 3.63) is 46.5 Å². The van der Waals surface area contributed by atoms with E-state index in [1.807, 2.05) is 6.07 Å². The van der Waals surface area contributed by atoms with Gasteiger partial charge >= 0.3 is 11.9 Å². The number of fused-ring (bicyclic) bond motifs is 2. The molecule has 0 amide bonds. The van der Waals surface area contributed by atoms with Gasteiger partial charge < -0.3 is 24.4 Å². The van der Waals surface area contributed by atoms with Crippen LogP contribution in [0.15, 0.2) is 35.4 Å². The molecule has 4 aliphatic rings. The number of ether oxygens (including phenoxy) is 3. The van der Waals surface area contributed by atoms with Crippen molar-refractivity contribution < 1.29 is 38.8 Å². The minimum atomic E-state index is -0.862. The number of esters is 1. The fraction of sp³-hybridized carbons (Fsp3) is 0.500. The molecule has 170 valence electrons. The largest absolute Gasteiger partial charge is 0.508 e. The third-order valence-corrected chi connectivity index (χ3v) is 6.53. The first-order valence-electron chi connectivity index (χ1n) is 10.7. The Morgan fingerprint density at radius 2 is 1.94 bits per heavy atom. The second kappa shape index (κ2) is 8.90. The SMILES string of the molecule is CC(=C=O)C(=O)OC1C2CC3COC1C3O2.CC(=CC1Cc2ccc(O)cc2C1)C(=O)O. The summed E-state index contributed by atoms with van der Waals surface area (Å²) in [7, 11) is 0. The molecule has 3 fully saturated rings. The van der Waals surface area contributed by atoms with Crippen LogP contribution in [0.2, 0.25) is 0 Å². The quantitative estimate of drug-likeness (QED) is 0.413. The number of aromatic hydroxyl groups is 1. The average molecular weight is 442 g/mol. The molecule has 8 nitrogen and oxygen atoms in total. The number of carbonyl (C=O) groups is 2. The molecule has 32 heavy (non-hydrogen) atoms. The van der Waals surface area contributed by atoms with E-state index >= 15 is 0 Å². The summed E-state index contributed by atoms with van der Waals surface area (Å²) in [6.07, 6.45) is 3.86. The van der Waals surface area contributed by atoms with Crippen molar-refractivity contribution in [1.29, 1.82) is 0 Å². The zero-order chi connectivity index (χ0) is 23.0. The monoisotopic (exact) mass is 442 g/mol. The predicted molar refractivity (Wildman–Crippen MR) is 112 cm³/mol. The molecule has 3 saturated heterocycles. The Bertz CT molecular complexity index is 1000. The Balaban J connectivity index is 0.000000153. The van der Waals surface area contributed by atoms with Gasteiger partial charge in [0.2, 0.25) is 0 Å². The van der Waals surface area contributed by atoms with Gasteiger partial charge in [-0.3, -0.25) is 0 Å². The Labute approximate surface area is 185 Å². The van der Waals surface area contributed by atoms with Gasteiger partial charge in [0.15, 0.2) is 6.10 Å². The smallest absolute Gasteiger partial charge is 0.345 e. The lowest BCUT2D eigenvalue weighted by atomic mass is 9.88. The lowest BCUT2D eigenvalue weighted by Gasteiger charge is -2.22. The molecule has 0 aromatic heterocycles. The van der Waals surface area contributed by atoms with Crippen LogP contribution in [0, 0.1) is 11.8 Å². The maximum absolute atomic E-state index is 11.4. The summed E-state index contributed by atoms with van der Waals surface area (Å²) in [4.78, 5) is 32.5. The molecule has 1 aromatic carbocycles. The van der Waals surface area contributed by atoms with Crippen molar-refractivity contribution in [3.8, 4) is 5.75 Å². The third-order valence-electron chi connectivity index (χ3n) is 6.53. The summed E-state index contributed by atoms with van der Waals surface area (Å²) in [5.41, 5.74) is 2.68. The number of carboxylic acid groups (broad SMARTS) is 1. The molecule has 8 heteroatoms. The molecule has 6 atom stereocenters. The second-order valence-corrected chi connectivity index (χ2v) is 8.81. The molecule has 0 radical (unpaired) electrons. The fourth-order valence-electron chi connectivity index (χ4n) is 4.92.